The number of aliphatic hydroxyl groups excluding tert-OH is 2. The maximum Gasteiger partial charge on any atom is 0.334 e. The van der Waals surface area contributed by atoms with Crippen molar-refractivity contribution < 1.29 is 19.7 Å². The Bertz CT molecular complexity index is 960. The first-order valence-electron chi connectivity index (χ1n) is 16.0. The van der Waals surface area contributed by atoms with Gasteiger partial charge < -0.3 is 14.9 Å². The Kier molecular flexibility index (Phi) is 10.4. The molecule has 1 aliphatic heterocycles. The molecule has 0 radical (unpaired) electrons. The van der Waals surface area contributed by atoms with Crippen molar-refractivity contribution in [1.29, 1.82) is 0 Å². The molecule has 8 atom stereocenters. The lowest BCUT2D eigenvalue weighted by atomic mass is 9.60. The standard InChI is InChI=1S/C35H54O4/c1-6-7-8-9-10-11-14-29-25(4)34(38)39-33(29)20-23(2)30-17-18-31-26(13-12-19-35(30,31)5)15-16-27-21-28(36)22-32(37)24(27)3/h15-16,23,28-33,36-37H,3-4,6-14,17-22H2,1-2,5H3/b26-15+,27-16-/t23-,28-,29?,30-,31+,32+,33?,35-/m1/s1. The maximum absolute atomic E-state index is 12.5. The Morgan fingerprint density at radius 2 is 1.82 bits per heavy atom. The molecule has 218 valence electrons. The zero-order chi connectivity index (χ0) is 28.2. The second kappa shape index (κ2) is 13.3. The molecule has 2 unspecified atom stereocenters. The molecule has 4 aliphatic rings. The largest absolute Gasteiger partial charge is 0.458 e. The van der Waals surface area contributed by atoms with Crippen LogP contribution in [0.5, 0.6) is 0 Å². The number of ether oxygens (including phenoxy) is 1. The van der Waals surface area contributed by atoms with Gasteiger partial charge in [-0.3, -0.25) is 0 Å². The zero-order valence-electron chi connectivity index (χ0n) is 24.9. The van der Waals surface area contributed by atoms with E-state index in [-0.39, 0.29) is 23.4 Å². The number of hydrogen-bond donors (Lipinski definition) is 2. The fourth-order valence-electron chi connectivity index (χ4n) is 8.60. The number of carbonyl (C=O) groups is 1. The van der Waals surface area contributed by atoms with Gasteiger partial charge in [0.2, 0.25) is 0 Å². The molecule has 4 fully saturated rings. The number of cyclic esters (lactones) is 1. The number of hydrogen-bond acceptors (Lipinski definition) is 4. The molecule has 0 spiro atoms. The molecule has 0 aromatic heterocycles. The fourth-order valence-corrected chi connectivity index (χ4v) is 8.60. The van der Waals surface area contributed by atoms with Crippen molar-refractivity contribution in [2.75, 3.05) is 0 Å². The second-order valence-corrected chi connectivity index (χ2v) is 13.5. The normalized spacial score (nSPS) is 37.9. The zero-order valence-corrected chi connectivity index (χ0v) is 24.9. The van der Waals surface area contributed by atoms with Gasteiger partial charge in [0.05, 0.1) is 12.2 Å². The molecule has 0 aromatic carbocycles. The first kappa shape index (κ1) is 30.3. The van der Waals surface area contributed by atoms with Crippen LogP contribution in [0.1, 0.15) is 117 Å². The molecule has 4 rings (SSSR count). The summed E-state index contributed by atoms with van der Waals surface area (Å²) in [6.45, 7) is 15.4. The minimum absolute atomic E-state index is 0.0169. The van der Waals surface area contributed by atoms with Crippen LogP contribution in [0.4, 0.5) is 0 Å². The molecule has 39 heavy (non-hydrogen) atoms. The molecular weight excluding hydrogens is 484 g/mol. The van der Waals surface area contributed by atoms with Gasteiger partial charge in [0.1, 0.15) is 6.10 Å². The number of aliphatic hydroxyl groups is 2. The van der Waals surface area contributed by atoms with E-state index in [4.69, 9.17) is 4.74 Å². The van der Waals surface area contributed by atoms with Gasteiger partial charge in [-0.15, -0.1) is 0 Å². The van der Waals surface area contributed by atoms with Crippen LogP contribution >= 0.6 is 0 Å². The van der Waals surface area contributed by atoms with E-state index in [1.165, 1.54) is 63.4 Å². The summed E-state index contributed by atoms with van der Waals surface area (Å²) in [5.74, 6) is 1.70. The summed E-state index contributed by atoms with van der Waals surface area (Å²) < 4.78 is 5.93. The van der Waals surface area contributed by atoms with Crippen molar-refractivity contribution in [2.24, 2.45) is 29.1 Å². The molecule has 1 heterocycles. The van der Waals surface area contributed by atoms with Crippen LogP contribution in [0.15, 0.2) is 47.6 Å². The Morgan fingerprint density at radius 3 is 2.59 bits per heavy atom. The topological polar surface area (TPSA) is 66.8 Å². The highest BCUT2D eigenvalue weighted by Crippen LogP contribution is 2.60. The third-order valence-corrected chi connectivity index (χ3v) is 10.9. The summed E-state index contributed by atoms with van der Waals surface area (Å²) in [6, 6.07) is 0. The molecule has 1 saturated heterocycles. The summed E-state index contributed by atoms with van der Waals surface area (Å²) in [5, 5.41) is 20.4. The Hall–Kier alpha value is -1.65. The van der Waals surface area contributed by atoms with Gasteiger partial charge in [-0.05, 0) is 85.7 Å². The smallest absolute Gasteiger partial charge is 0.334 e. The van der Waals surface area contributed by atoms with E-state index in [1.54, 1.807) is 0 Å². The predicted molar refractivity (Wildman–Crippen MR) is 159 cm³/mol. The highest BCUT2D eigenvalue weighted by atomic mass is 16.6. The molecule has 3 saturated carbocycles. The SMILES string of the molecule is C=C1C(=O)OC(C[C@@H](C)[C@H]2CC[C@H]3/C(=C/C=C4/C[C@@H](O)C[C@H](O)C4=C)CCC[C@]23C)C1CCCCCCCC. The van der Waals surface area contributed by atoms with Gasteiger partial charge in [-0.2, -0.15) is 0 Å². The Morgan fingerprint density at radius 1 is 1.08 bits per heavy atom. The van der Waals surface area contributed by atoms with E-state index >= 15 is 0 Å². The number of carbonyl (C=O) groups excluding carboxylic acids is 1. The third-order valence-electron chi connectivity index (χ3n) is 10.9. The van der Waals surface area contributed by atoms with Crippen molar-refractivity contribution >= 4 is 5.97 Å². The van der Waals surface area contributed by atoms with Crippen molar-refractivity contribution in [3.05, 3.63) is 47.6 Å². The van der Waals surface area contributed by atoms with Gasteiger partial charge >= 0.3 is 5.97 Å². The van der Waals surface area contributed by atoms with E-state index in [1.807, 2.05) is 0 Å². The average Bonchev–Trinajstić information content (AvgIpc) is 3.38. The van der Waals surface area contributed by atoms with Crippen LogP contribution in [0.25, 0.3) is 0 Å². The van der Waals surface area contributed by atoms with Gasteiger partial charge in [0.25, 0.3) is 0 Å². The number of allylic oxidation sites excluding steroid dienone is 3. The lowest BCUT2D eigenvalue weighted by molar-refractivity contribution is -0.140. The van der Waals surface area contributed by atoms with Crippen molar-refractivity contribution in [1.82, 2.24) is 0 Å². The van der Waals surface area contributed by atoms with Gasteiger partial charge in [0, 0.05) is 17.9 Å². The van der Waals surface area contributed by atoms with Gasteiger partial charge in [-0.1, -0.05) is 90.2 Å². The monoisotopic (exact) mass is 538 g/mol. The average molecular weight is 539 g/mol. The summed E-state index contributed by atoms with van der Waals surface area (Å²) in [5.41, 5.74) is 4.24. The number of unbranched alkanes of at least 4 members (excludes halogenated alkanes) is 5. The van der Waals surface area contributed by atoms with Gasteiger partial charge in [0.15, 0.2) is 0 Å². The number of rotatable bonds is 11. The predicted octanol–water partition coefficient (Wildman–Crippen LogP) is 8.00. The molecule has 4 nitrogen and oxygen atoms in total. The van der Waals surface area contributed by atoms with E-state index in [9.17, 15) is 15.0 Å². The van der Waals surface area contributed by atoms with E-state index in [0.717, 1.165) is 36.8 Å². The van der Waals surface area contributed by atoms with Crippen LogP contribution in [0, 0.1) is 29.1 Å². The van der Waals surface area contributed by atoms with Gasteiger partial charge in [-0.25, -0.2) is 4.79 Å². The Labute approximate surface area is 237 Å². The second-order valence-electron chi connectivity index (χ2n) is 13.5. The van der Waals surface area contributed by atoms with Crippen molar-refractivity contribution in [3.63, 3.8) is 0 Å². The van der Waals surface area contributed by atoms with E-state index in [0.29, 0.717) is 36.2 Å². The van der Waals surface area contributed by atoms with Crippen LogP contribution in [-0.2, 0) is 9.53 Å². The first-order chi connectivity index (χ1) is 18.7. The lowest BCUT2D eigenvalue weighted by Gasteiger charge is -2.45. The Balaban J connectivity index is 1.40. The molecule has 0 bridgehead atoms. The minimum Gasteiger partial charge on any atom is -0.458 e. The van der Waals surface area contributed by atoms with Crippen LogP contribution in [-0.4, -0.2) is 34.5 Å². The number of esters is 1. The third kappa shape index (κ3) is 6.81. The van der Waals surface area contributed by atoms with Crippen LogP contribution in [0.3, 0.4) is 0 Å². The highest BCUT2D eigenvalue weighted by Gasteiger charge is 2.51. The quantitative estimate of drug-likeness (QED) is 0.159. The van der Waals surface area contributed by atoms with Crippen LogP contribution < -0.4 is 0 Å². The fraction of sp³-hybridized carbons (Fsp3) is 0.743. The summed E-state index contributed by atoms with van der Waals surface area (Å²) in [7, 11) is 0. The summed E-state index contributed by atoms with van der Waals surface area (Å²) >= 11 is 0. The molecular formula is C35H54O4. The highest BCUT2D eigenvalue weighted by molar-refractivity contribution is 5.90. The van der Waals surface area contributed by atoms with Crippen LogP contribution in [0.2, 0.25) is 0 Å². The molecule has 4 heteroatoms. The maximum atomic E-state index is 12.5. The van der Waals surface area contributed by atoms with Crippen molar-refractivity contribution in [2.45, 2.75) is 135 Å². The number of fused-ring (bicyclic) bond motifs is 1. The molecule has 3 aliphatic carbocycles. The van der Waals surface area contributed by atoms with E-state index < -0.39 is 12.2 Å². The van der Waals surface area contributed by atoms with Crippen molar-refractivity contribution in [3.8, 4) is 0 Å². The summed E-state index contributed by atoms with van der Waals surface area (Å²) in [4.78, 5) is 12.5. The van der Waals surface area contributed by atoms with E-state index in [2.05, 4.69) is 46.1 Å². The molecule has 0 aromatic rings. The summed E-state index contributed by atoms with van der Waals surface area (Å²) in [6.07, 6.45) is 19.8. The molecule has 0 amide bonds. The lowest BCUT2D eigenvalue weighted by Crippen LogP contribution is -2.37. The first-order valence-corrected chi connectivity index (χ1v) is 16.0. The minimum atomic E-state index is -0.641. The molecule has 2 N–H and O–H groups in total.